The Labute approximate surface area is 92.7 Å². The van der Waals surface area contributed by atoms with E-state index in [9.17, 15) is 0 Å². The Morgan fingerprint density at radius 2 is 1.94 bits per heavy atom. The van der Waals surface area contributed by atoms with Crippen LogP contribution in [0.5, 0.6) is 0 Å². The van der Waals surface area contributed by atoms with Crippen molar-refractivity contribution < 1.29 is 0 Å². The Morgan fingerprint density at radius 1 is 1.19 bits per heavy atom. The Kier molecular flexibility index (Phi) is 2.53. The molecule has 3 N–H and O–H groups in total. The van der Waals surface area contributed by atoms with Crippen LogP contribution >= 0.6 is 0 Å². The molecule has 7 heteroatoms. The van der Waals surface area contributed by atoms with Crippen LogP contribution in [0.2, 0.25) is 0 Å². The molecule has 0 aliphatic heterocycles. The SMILES string of the molecule is Cc1cc(-n2nc(C)nc2C)nc(NN)n1. The van der Waals surface area contributed by atoms with Crippen LogP contribution < -0.4 is 11.3 Å². The summed E-state index contributed by atoms with van der Waals surface area (Å²) < 4.78 is 1.66. The maximum absolute atomic E-state index is 5.29. The number of anilines is 1. The van der Waals surface area contributed by atoms with Gasteiger partial charge in [-0.3, -0.25) is 5.43 Å². The van der Waals surface area contributed by atoms with Gasteiger partial charge in [-0.15, -0.1) is 5.10 Å². The summed E-state index contributed by atoms with van der Waals surface area (Å²) in [6, 6.07) is 1.82. The lowest BCUT2D eigenvalue weighted by Gasteiger charge is -2.05. The highest BCUT2D eigenvalue weighted by Gasteiger charge is 2.08. The van der Waals surface area contributed by atoms with E-state index in [1.807, 2.05) is 26.8 Å². The predicted molar refractivity (Wildman–Crippen MR) is 59.0 cm³/mol. The van der Waals surface area contributed by atoms with E-state index >= 15 is 0 Å². The molecule has 0 spiro atoms. The zero-order valence-corrected chi connectivity index (χ0v) is 9.39. The highest BCUT2D eigenvalue weighted by Crippen LogP contribution is 2.10. The van der Waals surface area contributed by atoms with Crippen LogP contribution in [0.1, 0.15) is 17.3 Å². The van der Waals surface area contributed by atoms with Gasteiger partial charge in [-0.2, -0.15) is 9.67 Å². The topological polar surface area (TPSA) is 94.5 Å². The summed E-state index contributed by atoms with van der Waals surface area (Å²) >= 11 is 0. The van der Waals surface area contributed by atoms with Gasteiger partial charge in [0.05, 0.1) is 0 Å². The normalized spacial score (nSPS) is 10.5. The van der Waals surface area contributed by atoms with Crippen LogP contribution in [-0.4, -0.2) is 24.7 Å². The van der Waals surface area contributed by atoms with E-state index in [2.05, 4.69) is 25.5 Å². The maximum Gasteiger partial charge on any atom is 0.239 e. The number of aromatic nitrogens is 5. The third-order valence-corrected chi connectivity index (χ3v) is 2.06. The van der Waals surface area contributed by atoms with Crippen molar-refractivity contribution in [2.75, 3.05) is 5.43 Å². The summed E-state index contributed by atoms with van der Waals surface area (Å²) in [5.74, 6) is 7.78. The van der Waals surface area contributed by atoms with Gasteiger partial charge in [0.25, 0.3) is 0 Å². The zero-order chi connectivity index (χ0) is 11.7. The number of nitrogens with two attached hydrogens (primary N) is 1. The van der Waals surface area contributed by atoms with Gasteiger partial charge in [-0.05, 0) is 20.8 Å². The Morgan fingerprint density at radius 3 is 2.50 bits per heavy atom. The Bertz CT molecular complexity index is 517. The molecule has 0 aliphatic carbocycles. The number of aryl methyl sites for hydroxylation is 3. The second-order valence-corrected chi connectivity index (χ2v) is 3.45. The van der Waals surface area contributed by atoms with Crippen molar-refractivity contribution in [3.05, 3.63) is 23.4 Å². The number of nitrogens with one attached hydrogen (secondary N) is 1. The quantitative estimate of drug-likeness (QED) is 0.556. The van der Waals surface area contributed by atoms with E-state index in [0.29, 0.717) is 17.6 Å². The molecule has 0 atom stereocenters. The molecule has 16 heavy (non-hydrogen) atoms. The molecular formula is C9H13N7. The van der Waals surface area contributed by atoms with Gasteiger partial charge in [0.2, 0.25) is 5.95 Å². The van der Waals surface area contributed by atoms with Gasteiger partial charge < -0.3 is 0 Å². The minimum Gasteiger partial charge on any atom is -0.292 e. The number of nitrogen functional groups attached to an aromatic ring is 1. The van der Waals surface area contributed by atoms with Gasteiger partial charge in [0.1, 0.15) is 11.6 Å². The van der Waals surface area contributed by atoms with Gasteiger partial charge in [0.15, 0.2) is 5.82 Å². The second kappa shape index (κ2) is 3.86. The zero-order valence-electron chi connectivity index (χ0n) is 9.39. The number of hydrazine groups is 1. The minimum absolute atomic E-state index is 0.363. The van der Waals surface area contributed by atoms with E-state index in [-0.39, 0.29) is 0 Å². The van der Waals surface area contributed by atoms with Crippen LogP contribution in [0.15, 0.2) is 6.07 Å². The highest BCUT2D eigenvalue weighted by atomic mass is 15.4. The lowest BCUT2D eigenvalue weighted by molar-refractivity contribution is 0.796. The smallest absolute Gasteiger partial charge is 0.239 e. The lowest BCUT2D eigenvalue weighted by atomic mass is 10.4. The molecule has 7 nitrogen and oxygen atoms in total. The molecule has 0 fully saturated rings. The largest absolute Gasteiger partial charge is 0.292 e. The fraction of sp³-hybridized carbons (Fsp3) is 0.333. The molecule has 0 saturated heterocycles. The molecule has 0 aromatic carbocycles. The van der Waals surface area contributed by atoms with E-state index in [4.69, 9.17) is 5.84 Å². The number of hydrogen-bond acceptors (Lipinski definition) is 6. The van der Waals surface area contributed by atoms with Crippen molar-refractivity contribution >= 4 is 5.95 Å². The standard InChI is InChI=1S/C9H13N7/c1-5-4-8(13-9(11-5)14-10)16-7(3)12-6(2)15-16/h4H,10H2,1-3H3,(H,11,13,14). The lowest BCUT2D eigenvalue weighted by Crippen LogP contribution is -2.13. The fourth-order valence-corrected chi connectivity index (χ4v) is 1.46. The van der Waals surface area contributed by atoms with Crippen LogP contribution in [0.3, 0.4) is 0 Å². The summed E-state index contributed by atoms with van der Waals surface area (Å²) in [4.78, 5) is 12.5. The second-order valence-electron chi connectivity index (χ2n) is 3.45. The van der Waals surface area contributed by atoms with Crippen molar-refractivity contribution in [3.8, 4) is 5.82 Å². The van der Waals surface area contributed by atoms with Crippen molar-refractivity contribution in [3.63, 3.8) is 0 Å². The third-order valence-electron chi connectivity index (χ3n) is 2.06. The molecule has 0 bridgehead atoms. The Balaban J connectivity index is 2.55. The first-order valence-corrected chi connectivity index (χ1v) is 4.83. The summed E-state index contributed by atoms with van der Waals surface area (Å²) in [5, 5.41) is 4.24. The first kappa shape index (κ1) is 10.5. The number of hydrogen-bond donors (Lipinski definition) is 2. The van der Waals surface area contributed by atoms with Crippen molar-refractivity contribution in [1.29, 1.82) is 0 Å². The maximum atomic E-state index is 5.29. The molecular weight excluding hydrogens is 206 g/mol. The molecule has 2 rings (SSSR count). The fourth-order valence-electron chi connectivity index (χ4n) is 1.46. The van der Waals surface area contributed by atoms with Crippen LogP contribution in [0.4, 0.5) is 5.95 Å². The van der Waals surface area contributed by atoms with Gasteiger partial charge >= 0.3 is 0 Å². The predicted octanol–water partition coefficient (Wildman–Crippen LogP) is 0.268. The summed E-state index contributed by atoms with van der Waals surface area (Å²) in [6.07, 6.45) is 0. The van der Waals surface area contributed by atoms with Crippen LogP contribution in [0, 0.1) is 20.8 Å². The molecule has 2 aromatic heterocycles. The molecule has 0 amide bonds. The van der Waals surface area contributed by atoms with Crippen LogP contribution in [-0.2, 0) is 0 Å². The highest BCUT2D eigenvalue weighted by molar-refractivity contribution is 5.33. The van der Waals surface area contributed by atoms with Gasteiger partial charge in [0, 0.05) is 11.8 Å². The molecule has 2 heterocycles. The Hall–Kier alpha value is -2.02. The average molecular weight is 219 g/mol. The summed E-state index contributed by atoms with van der Waals surface area (Å²) in [5.41, 5.74) is 3.23. The molecule has 84 valence electrons. The van der Waals surface area contributed by atoms with Crippen molar-refractivity contribution in [1.82, 2.24) is 24.7 Å². The minimum atomic E-state index is 0.363. The monoisotopic (exact) mass is 219 g/mol. The molecule has 0 aliphatic rings. The van der Waals surface area contributed by atoms with Gasteiger partial charge in [-0.25, -0.2) is 15.8 Å². The van der Waals surface area contributed by atoms with Crippen molar-refractivity contribution in [2.24, 2.45) is 5.84 Å². The molecule has 0 saturated carbocycles. The summed E-state index contributed by atoms with van der Waals surface area (Å²) in [7, 11) is 0. The van der Waals surface area contributed by atoms with Gasteiger partial charge in [-0.1, -0.05) is 0 Å². The molecule has 0 unspecified atom stereocenters. The van der Waals surface area contributed by atoms with E-state index in [1.54, 1.807) is 4.68 Å². The van der Waals surface area contributed by atoms with Crippen molar-refractivity contribution in [2.45, 2.75) is 20.8 Å². The molecule has 2 aromatic rings. The number of nitrogens with zero attached hydrogens (tertiary/aromatic N) is 5. The first-order valence-electron chi connectivity index (χ1n) is 4.83. The van der Waals surface area contributed by atoms with E-state index < -0.39 is 0 Å². The molecule has 0 radical (unpaired) electrons. The van der Waals surface area contributed by atoms with E-state index in [0.717, 1.165) is 11.5 Å². The van der Waals surface area contributed by atoms with E-state index in [1.165, 1.54) is 0 Å². The average Bonchev–Trinajstić information content (AvgIpc) is 2.57. The summed E-state index contributed by atoms with van der Waals surface area (Å²) in [6.45, 7) is 5.57. The third kappa shape index (κ3) is 1.84. The number of rotatable bonds is 2. The van der Waals surface area contributed by atoms with Crippen LogP contribution in [0.25, 0.3) is 5.82 Å². The first-order chi connectivity index (χ1) is 7.60.